The predicted molar refractivity (Wildman–Crippen MR) is 94.5 cm³/mol. The van der Waals surface area contributed by atoms with Gasteiger partial charge in [-0.1, -0.05) is 6.92 Å². The van der Waals surface area contributed by atoms with Crippen molar-refractivity contribution in [1.29, 1.82) is 0 Å². The molecule has 0 bridgehead atoms. The highest BCUT2D eigenvalue weighted by atomic mass is 32.2. The molecule has 0 amide bonds. The lowest BCUT2D eigenvalue weighted by Gasteiger charge is -2.36. The van der Waals surface area contributed by atoms with E-state index in [4.69, 9.17) is 13.8 Å². The molecule has 0 spiro atoms. The fourth-order valence-corrected chi connectivity index (χ4v) is 7.01. The van der Waals surface area contributed by atoms with E-state index in [0.717, 1.165) is 17.2 Å². The van der Waals surface area contributed by atoms with Gasteiger partial charge in [-0.25, -0.2) is 0 Å². The molecule has 3 unspecified atom stereocenters. The Hall–Kier alpha value is -0.960. The average Bonchev–Trinajstić information content (AvgIpc) is 3.23. The lowest BCUT2D eigenvalue weighted by molar-refractivity contribution is -0.384. The average molecular weight is 388 g/mol. The minimum Gasteiger partial charge on any atom is -0.338 e. The first-order valence-electron chi connectivity index (χ1n) is 7.89. The van der Waals surface area contributed by atoms with Crippen molar-refractivity contribution in [2.45, 2.75) is 31.0 Å². The van der Waals surface area contributed by atoms with Gasteiger partial charge in [0.1, 0.15) is 6.23 Å². The number of nitro benzene ring substituents is 1. The van der Waals surface area contributed by atoms with E-state index >= 15 is 0 Å². The number of benzene rings is 1. The molecule has 1 aromatic rings. The molecular formula is C15H21N2O6PS. The second-order valence-electron chi connectivity index (χ2n) is 5.91. The van der Waals surface area contributed by atoms with E-state index in [1.54, 1.807) is 23.9 Å². The van der Waals surface area contributed by atoms with Gasteiger partial charge < -0.3 is 13.8 Å². The van der Waals surface area contributed by atoms with Crippen LogP contribution in [-0.2, 0) is 18.3 Å². The Morgan fingerprint density at radius 1 is 1.40 bits per heavy atom. The second kappa shape index (κ2) is 6.98. The summed E-state index contributed by atoms with van der Waals surface area (Å²) in [6.45, 7) is 1.91. The van der Waals surface area contributed by atoms with Crippen molar-refractivity contribution >= 4 is 25.0 Å². The SMILES string of the molecule is CCC1(P(=O)(OC)OC)OC(c2ccc([N+](=O)[O-])cc2)N2CSCC21. The highest BCUT2D eigenvalue weighted by molar-refractivity contribution is 7.99. The lowest BCUT2D eigenvalue weighted by atomic mass is 10.1. The number of hydrogen-bond acceptors (Lipinski definition) is 8. The summed E-state index contributed by atoms with van der Waals surface area (Å²) in [5.41, 5.74) is 0.808. The Morgan fingerprint density at radius 2 is 2.04 bits per heavy atom. The molecular weight excluding hydrogens is 367 g/mol. The maximum absolute atomic E-state index is 13.3. The van der Waals surface area contributed by atoms with Crippen LogP contribution in [0.25, 0.3) is 0 Å². The number of nitrogens with zero attached hydrogens (tertiary/aromatic N) is 2. The molecule has 0 aliphatic carbocycles. The molecule has 2 aliphatic rings. The van der Waals surface area contributed by atoms with Crippen LogP contribution in [0.15, 0.2) is 24.3 Å². The zero-order valence-electron chi connectivity index (χ0n) is 14.3. The first kappa shape index (κ1) is 18.8. The van der Waals surface area contributed by atoms with Gasteiger partial charge in [0, 0.05) is 38.0 Å². The number of non-ortho nitro benzene ring substituents is 1. The third-order valence-electron chi connectivity index (χ3n) is 4.89. The maximum Gasteiger partial charge on any atom is 0.363 e. The second-order valence-corrected chi connectivity index (χ2v) is 9.39. The van der Waals surface area contributed by atoms with E-state index < -0.39 is 24.1 Å². The molecule has 3 atom stereocenters. The molecule has 25 heavy (non-hydrogen) atoms. The fourth-order valence-electron chi connectivity index (χ4n) is 3.58. The number of fused-ring (bicyclic) bond motifs is 1. The summed E-state index contributed by atoms with van der Waals surface area (Å²) >= 11 is 1.73. The standard InChI is InChI=1S/C15H21N2O6PS/c1-4-15(24(20,21-2)22-3)13-9-25-10-16(13)14(23-15)11-5-7-12(8-6-11)17(18)19/h5-8,13-14H,4,9-10H2,1-3H3. The summed E-state index contributed by atoms with van der Waals surface area (Å²) in [6, 6.07) is 6.15. The largest absolute Gasteiger partial charge is 0.363 e. The van der Waals surface area contributed by atoms with Crippen LogP contribution in [0.1, 0.15) is 25.1 Å². The molecule has 2 fully saturated rings. The highest BCUT2D eigenvalue weighted by Crippen LogP contribution is 2.68. The first-order valence-corrected chi connectivity index (χ1v) is 10.6. The zero-order valence-corrected chi connectivity index (χ0v) is 16.0. The Morgan fingerprint density at radius 3 is 2.56 bits per heavy atom. The fraction of sp³-hybridized carbons (Fsp3) is 0.600. The normalized spacial score (nSPS) is 29.7. The van der Waals surface area contributed by atoms with E-state index in [-0.39, 0.29) is 11.7 Å². The minimum absolute atomic E-state index is 0.0234. The summed E-state index contributed by atoms with van der Waals surface area (Å²) in [6.07, 6.45) is 0.0244. The summed E-state index contributed by atoms with van der Waals surface area (Å²) in [7, 11) is -0.755. The van der Waals surface area contributed by atoms with Gasteiger partial charge in [-0.15, -0.1) is 11.8 Å². The number of hydrogen-bond donors (Lipinski definition) is 0. The molecule has 2 aliphatic heterocycles. The molecule has 0 saturated carbocycles. The van der Waals surface area contributed by atoms with E-state index in [9.17, 15) is 14.7 Å². The van der Waals surface area contributed by atoms with Crippen LogP contribution in [0.2, 0.25) is 0 Å². The van der Waals surface area contributed by atoms with Gasteiger partial charge in [-0.2, -0.15) is 0 Å². The van der Waals surface area contributed by atoms with Crippen LogP contribution in [0.4, 0.5) is 5.69 Å². The van der Waals surface area contributed by atoms with Gasteiger partial charge in [-0.05, 0) is 24.1 Å². The molecule has 0 radical (unpaired) electrons. The van der Waals surface area contributed by atoms with Crippen molar-refractivity contribution in [3.8, 4) is 0 Å². The Bertz CT molecular complexity index is 694. The number of ether oxygens (including phenoxy) is 1. The third-order valence-corrected chi connectivity index (χ3v) is 8.53. The minimum atomic E-state index is -3.50. The Kier molecular flexibility index (Phi) is 5.26. The summed E-state index contributed by atoms with van der Waals surface area (Å²) in [5, 5.41) is 9.80. The van der Waals surface area contributed by atoms with Crippen LogP contribution in [0.5, 0.6) is 0 Å². The topological polar surface area (TPSA) is 91.1 Å². The predicted octanol–water partition coefficient (Wildman–Crippen LogP) is 3.59. The third kappa shape index (κ3) is 2.83. The molecule has 2 saturated heterocycles. The van der Waals surface area contributed by atoms with Crippen LogP contribution in [-0.4, -0.2) is 47.1 Å². The van der Waals surface area contributed by atoms with Crippen molar-refractivity contribution in [3.05, 3.63) is 39.9 Å². The molecule has 10 heteroatoms. The van der Waals surface area contributed by atoms with Crippen molar-refractivity contribution in [2.24, 2.45) is 0 Å². The lowest BCUT2D eigenvalue weighted by Crippen LogP contribution is -2.43. The monoisotopic (exact) mass is 388 g/mol. The van der Waals surface area contributed by atoms with Crippen molar-refractivity contribution in [3.63, 3.8) is 0 Å². The summed E-state index contributed by atoms with van der Waals surface area (Å²) < 4.78 is 30.2. The molecule has 2 heterocycles. The van der Waals surface area contributed by atoms with Crippen LogP contribution < -0.4 is 0 Å². The van der Waals surface area contributed by atoms with E-state index in [1.807, 2.05) is 6.92 Å². The van der Waals surface area contributed by atoms with Crippen LogP contribution in [0, 0.1) is 10.1 Å². The number of rotatable bonds is 6. The maximum atomic E-state index is 13.3. The molecule has 0 N–H and O–H groups in total. The van der Waals surface area contributed by atoms with E-state index in [0.29, 0.717) is 6.42 Å². The summed E-state index contributed by atoms with van der Waals surface area (Å²) in [5.74, 6) is 1.48. The molecule has 3 rings (SSSR count). The van der Waals surface area contributed by atoms with Gasteiger partial charge in [0.05, 0.1) is 11.0 Å². The Balaban J connectivity index is 2.00. The number of thioether (sulfide) groups is 1. The van der Waals surface area contributed by atoms with Crippen LogP contribution >= 0.6 is 19.4 Å². The quantitative estimate of drug-likeness (QED) is 0.415. The van der Waals surface area contributed by atoms with E-state index in [2.05, 4.69) is 4.90 Å². The highest BCUT2D eigenvalue weighted by Gasteiger charge is 2.65. The van der Waals surface area contributed by atoms with E-state index in [1.165, 1.54) is 26.4 Å². The Labute approximate surface area is 150 Å². The van der Waals surface area contributed by atoms with Gasteiger partial charge in [0.25, 0.3) is 5.69 Å². The summed E-state index contributed by atoms with van der Waals surface area (Å²) in [4.78, 5) is 12.6. The smallest absolute Gasteiger partial charge is 0.338 e. The van der Waals surface area contributed by atoms with Crippen molar-refractivity contribution in [2.75, 3.05) is 25.8 Å². The first-order chi connectivity index (χ1) is 11.9. The van der Waals surface area contributed by atoms with Gasteiger partial charge in [0.2, 0.25) is 0 Å². The van der Waals surface area contributed by atoms with Crippen LogP contribution in [0.3, 0.4) is 0 Å². The molecule has 1 aromatic carbocycles. The molecule has 0 aromatic heterocycles. The van der Waals surface area contributed by atoms with Crippen molar-refractivity contribution < 1.29 is 23.3 Å². The number of nitro groups is 1. The molecule has 8 nitrogen and oxygen atoms in total. The molecule has 138 valence electrons. The van der Waals surface area contributed by atoms with Gasteiger partial charge >= 0.3 is 7.60 Å². The van der Waals surface area contributed by atoms with Crippen molar-refractivity contribution in [1.82, 2.24) is 4.90 Å². The van der Waals surface area contributed by atoms with Gasteiger partial charge in [0.15, 0.2) is 5.34 Å². The van der Waals surface area contributed by atoms with Gasteiger partial charge in [-0.3, -0.25) is 19.6 Å². The zero-order chi connectivity index (χ0) is 18.2.